The first-order valence-corrected chi connectivity index (χ1v) is 6.46. The van der Waals surface area contributed by atoms with Crippen LogP contribution in [0.1, 0.15) is 12.5 Å². The van der Waals surface area contributed by atoms with Crippen LogP contribution < -0.4 is 5.11 Å². The molecule has 0 amide bonds. The van der Waals surface area contributed by atoms with E-state index in [0.717, 1.165) is 16.3 Å². The second kappa shape index (κ2) is 4.82. The Morgan fingerprint density at radius 1 is 0.900 bits per heavy atom. The second-order valence-corrected chi connectivity index (χ2v) is 4.92. The van der Waals surface area contributed by atoms with Crippen molar-refractivity contribution in [1.29, 1.82) is 0 Å². The van der Waals surface area contributed by atoms with Crippen LogP contribution in [-0.2, 0) is 4.79 Å². The summed E-state index contributed by atoms with van der Waals surface area (Å²) in [5.74, 6) is -1.14. The highest BCUT2D eigenvalue weighted by molar-refractivity contribution is 5.99. The fourth-order valence-electron chi connectivity index (χ4n) is 2.36. The molecule has 0 spiro atoms. The van der Waals surface area contributed by atoms with Gasteiger partial charge in [-0.05, 0) is 57.8 Å². The molecule has 98 valence electrons. The van der Waals surface area contributed by atoms with Crippen molar-refractivity contribution in [2.45, 2.75) is 6.92 Å². The van der Waals surface area contributed by atoms with E-state index in [0.29, 0.717) is 0 Å². The van der Waals surface area contributed by atoms with Crippen LogP contribution in [0.4, 0.5) is 0 Å². The Kier molecular flexibility index (Phi) is 2.99. The lowest BCUT2D eigenvalue weighted by Crippen LogP contribution is -2.22. The van der Waals surface area contributed by atoms with E-state index in [9.17, 15) is 9.90 Å². The molecule has 0 aliphatic carbocycles. The maximum absolute atomic E-state index is 10.8. The smallest absolute Gasteiger partial charge is 0.0672 e. The molecule has 0 atom stereocenters. The zero-order valence-electron chi connectivity index (χ0n) is 11.1. The molecule has 0 saturated heterocycles. The molecule has 2 nitrogen and oxygen atoms in total. The number of carboxylic acids is 1. The molecular weight excluding hydrogens is 248 g/mol. The van der Waals surface area contributed by atoms with Gasteiger partial charge in [-0.2, -0.15) is 0 Å². The summed E-state index contributed by atoms with van der Waals surface area (Å²) in [5, 5.41) is 15.4. The Balaban J connectivity index is 2.17. The van der Waals surface area contributed by atoms with Gasteiger partial charge in [-0.25, -0.2) is 0 Å². The minimum absolute atomic E-state index is 0.227. The van der Waals surface area contributed by atoms with Crippen LogP contribution in [0.3, 0.4) is 0 Å². The fraction of sp³-hybridized carbons (Fsp3) is 0.0556. The Morgan fingerprint density at radius 2 is 1.50 bits per heavy atom. The number of rotatable bonds is 2. The summed E-state index contributed by atoms with van der Waals surface area (Å²) in [7, 11) is 0. The van der Waals surface area contributed by atoms with Crippen LogP contribution in [0.2, 0.25) is 0 Å². The van der Waals surface area contributed by atoms with E-state index < -0.39 is 5.97 Å². The number of hydrogen-bond acceptors (Lipinski definition) is 2. The van der Waals surface area contributed by atoms with Gasteiger partial charge in [-0.15, -0.1) is 0 Å². The molecule has 0 aromatic heterocycles. The van der Waals surface area contributed by atoms with Crippen molar-refractivity contribution in [3.8, 4) is 0 Å². The molecule has 0 heterocycles. The van der Waals surface area contributed by atoms with Crippen molar-refractivity contribution in [1.82, 2.24) is 0 Å². The molecule has 0 fully saturated rings. The summed E-state index contributed by atoms with van der Waals surface area (Å²) in [6, 6.07) is 18.4. The molecule has 3 aromatic carbocycles. The Labute approximate surface area is 117 Å². The molecule has 0 radical (unpaired) electrons. The Bertz CT molecular complexity index is 844. The van der Waals surface area contributed by atoms with Gasteiger partial charge in [-0.3, -0.25) is 0 Å². The molecule has 3 aromatic rings. The number of carboxylic acid groups (broad SMARTS) is 1. The predicted molar refractivity (Wildman–Crippen MR) is 80.1 cm³/mol. The van der Waals surface area contributed by atoms with Crippen LogP contribution in [0.15, 0.2) is 60.2 Å². The molecule has 20 heavy (non-hydrogen) atoms. The van der Waals surface area contributed by atoms with E-state index in [1.54, 1.807) is 13.0 Å². The van der Waals surface area contributed by atoms with Crippen LogP contribution in [-0.4, -0.2) is 5.97 Å². The molecule has 0 aliphatic rings. The lowest BCUT2D eigenvalue weighted by molar-refractivity contribution is -0.299. The lowest BCUT2D eigenvalue weighted by atomic mass is 10.0. The van der Waals surface area contributed by atoms with Gasteiger partial charge in [0, 0.05) is 0 Å². The average Bonchev–Trinajstić information content (AvgIpc) is 2.45. The van der Waals surface area contributed by atoms with Crippen LogP contribution in [0.25, 0.3) is 27.6 Å². The van der Waals surface area contributed by atoms with Gasteiger partial charge in [0.2, 0.25) is 0 Å². The van der Waals surface area contributed by atoms with E-state index in [-0.39, 0.29) is 5.57 Å². The summed E-state index contributed by atoms with van der Waals surface area (Å²) in [6.07, 6.45) is 1.63. The zero-order chi connectivity index (χ0) is 14.1. The summed E-state index contributed by atoms with van der Waals surface area (Å²) in [5.41, 5.74) is 1.10. The van der Waals surface area contributed by atoms with E-state index >= 15 is 0 Å². The summed E-state index contributed by atoms with van der Waals surface area (Å²) < 4.78 is 0. The van der Waals surface area contributed by atoms with Gasteiger partial charge >= 0.3 is 0 Å². The lowest BCUT2D eigenvalue weighted by Gasteiger charge is -2.05. The maximum Gasteiger partial charge on any atom is 0.0672 e. The van der Waals surface area contributed by atoms with E-state index in [4.69, 9.17) is 0 Å². The molecule has 2 heteroatoms. The summed E-state index contributed by atoms with van der Waals surface area (Å²) in [6.45, 7) is 1.54. The standard InChI is InChI=1S/C18H14O2/c1-12(18(19)20)8-13-6-7-16-10-14-4-2-3-5-15(14)11-17(16)9-13/h2-11H,1H3,(H,19,20)/p-1/b12-8+. The zero-order valence-corrected chi connectivity index (χ0v) is 11.1. The average molecular weight is 261 g/mol. The first-order valence-electron chi connectivity index (χ1n) is 6.46. The molecule has 0 N–H and O–H groups in total. The van der Waals surface area contributed by atoms with Gasteiger partial charge in [0.05, 0.1) is 5.97 Å². The van der Waals surface area contributed by atoms with Gasteiger partial charge < -0.3 is 9.90 Å². The first-order chi connectivity index (χ1) is 9.63. The third-order valence-corrected chi connectivity index (χ3v) is 3.43. The number of hydrogen-bond donors (Lipinski definition) is 0. The molecular formula is C18H13O2-. The van der Waals surface area contributed by atoms with Crippen LogP contribution >= 0.6 is 0 Å². The van der Waals surface area contributed by atoms with Crippen LogP contribution in [0, 0.1) is 0 Å². The second-order valence-electron chi connectivity index (χ2n) is 4.92. The first kappa shape index (κ1) is 12.4. The summed E-state index contributed by atoms with van der Waals surface area (Å²) >= 11 is 0. The summed E-state index contributed by atoms with van der Waals surface area (Å²) in [4.78, 5) is 10.8. The van der Waals surface area contributed by atoms with Gasteiger partial charge in [0.1, 0.15) is 0 Å². The molecule has 0 saturated carbocycles. The highest BCUT2D eigenvalue weighted by Gasteiger charge is 1.99. The largest absolute Gasteiger partial charge is 0.545 e. The third kappa shape index (κ3) is 2.28. The highest BCUT2D eigenvalue weighted by atomic mass is 16.4. The van der Waals surface area contributed by atoms with Gasteiger partial charge in [-0.1, -0.05) is 42.5 Å². The van der Waals surface area contributed by atoms with Crippen molar-refractivity contribution in [3.63, 3.8) is 0 Å². The van der Waals surface area contributed by atoms with Crippen molar-refractivity contribution in [2.24, 2.45) is 0 Å². The van der Waals surface area contributed by atoms with E-state index in [2.05, 4.69) is 24.3 Å². The van der Waals surface area contributed by atoms with Crippen molar-refractivity contribution in [3.05, 3.63) is 65.7 Å². The topological polar surface area (TPSA) is 40.1 Å². The van der Waals surface area contributed by atoms with Gasteiger partial charge in [0.15, 0.2) is 0 Å². The SMILES string of the molecule is C/C(=C\c1ccc2cc3ccccc3cc2c1)C(=O)[O-]. The fourth-order valence-corrected chi connectivity index (χ4v) is 2.36. The number of benzene rings is 3. The Morgan fingerprint density at radius 3 is 2.15 bits per heavy atom. The van der Waals surface area contributed by atoms with Gasteiger partial charge in [0.25, 0.3) is 0 Å². The van der Waals surface area contributed by atoms with E-state index in [1.807, 2.05) is 30.3 Å². The predicted octanol–water partition coefficient (Wildman–Crippen LogP) is 3.15. The molecule has 3 rings (SSSR count). The molecule has 0 aliphatic heterocycles. The Hall–Kier alpha value is -2.61. The number of carbonyl (C=O) groups excluding carboxylic acids is 1. The molecule has 0 unspecified atom stereocenters. The highest BCUT2D eigenvalue weighted by Crippen LogP contribution is 2.24. The number of carbonyl (C=O) groups is 1. The minimum Gasteiger partial charge on any atom is -0.545 e. The van der Waals surface area contributed by atoms with E-state index in [1.165, 1.54) is 10.8 Å². The quantitative estimate of drug-likeness (QED) is 0.525. The monoisotopic (exact) mass is 261 g/mol. The maximum atomic E-state index is 10.8. The third-order valence-electron chi connectivity index (χ3n) is 3.43. The van der Waals surface area contributed by atoms with Crippen molar-refractivity contribution < 1.29 is 9.90 Å². The number of aliphatic carboxylic acids is 1. The number of fused-ring (bicyclic) bond motifs is 2. The molecule has 0 bridgehead atoms. The van der Waals surface area contributed by atoms with Crippen LogP contribution in [0.5, 0.6) is 0 Å². The van der Waals surface area contributed by atoms with Crippen molar-refractivity contribution in [2.75, 3.05) is 0 Å². The minimum atomic E-state index is -1.14. The van der Waals surface area contributed by atoms with Crippen molar-refractivity contribution >= 4 is 33.6 Å². The normalized spacial score (nSPS) is 11.9.